The third-order valence-corrected chi connectivity index (χ3v) is 13.5. The number of hydrogen-bond acceptors (Lipinski definition) is 7. The number of ether oxygens (including phenoxy) is 1. The Bertz CT molecular complexity index is 1620. The van der Waals surface area contributed by atoms with Crippen molar-refractivity contribution in [3.05, 3.63) is 58.1 Å². The molecule has 2 aliphatic heterocycles. The van der Waals surface area contributed by atoms with E-state index < -0.39 is 26.3 Å². The molecule has 2 aliphatic carbocycles. The molecule has 46 heavy (non-hydrogen) atoms. The van der Waals surface area contributed by atoms with Crippen LogP contribution in [0.5, 0.6) is 5.75 Å². The lowest BCUT2D eigenvalue weighted by molar-refractivity contribution is -0.143. The van der Waals surface area contributed by atoms with Crippen LogP contribution in [0.4, 0.5) is 5.69 Å². The predicted molar refractivity (Wildman–Crippen MR) is 179 cm³/mol. The van der Waals surface area contributed by atoms with Gasteiger partial charge in [-0.3, -0.25) is 9.59 Å². The minimum Gasteiger partial charge on any atom is -0.487 e. The highest BCUT2D eigenvalue weighted by molar-refractivity contribution is 7.91. The minimum atomic E-state index is -3.96. The lowest BCUT2D eigenvalue weighted by Crippen LogP contribution is -2.52. The lowest BCUT2D eigenvalue weighted by atomic mass is 9.62. The summed E-state index contributed by atoms with van der Waals surface area (Å²) in [6.07, 6.45) is 6.55. The first-order valence-corrected chi connectivity index (χ1v) is 18.4. The predicted octanol–water partition coefficient (Wildman–Crippen LogP) is 5.32. The van der Waals surface area contributed by atoms with Gasteiger partial charge in [-0.25, -0.2) is 13.1 Å². The van der Waals surface area contributed by atoms with Crippen molar-refractivity contribution in [3.63, 3.8) is 0 Å². The van der Waals surface area contributed by atoms with Crippen molar-refractivity contribution in [1.29, 1.82) is 0 Å². The number of rotatable bonds is 2. The number of halogens is 1. The summed E-state index contributed by atoms with van der Waals surface area (Å²) in [6.45, 7) is 3.33. The maximum Gasteiger partial charge on any atom is 0.264 e. The molecule has 11 heteroatoms. The zero-order valence-corrected chi connectivity index (χ0v) is 28.6. The van der Waals surface area contributed by atoms with Gasteiger partial charge in [0.25, 0.3) is 5.91 Å². The van der Waals surface area contributed by atoms with Gasteiger partial charge in [0.05, 0.1) is 22.5 Å². The maximum absolute atomic E-state index is 13.5. The standard InChI is InChI=1S/C35H46ClN3O6S/c1-34-19-27(34)8-6-15-35(42,20-32(40)38(2)3)29-13-10-25(29)21-39-16-5-4-7-23-17-28(36)12-9-26(23)22-45-31-14-11-24(18-30(31)39)33(41)37-46(34,43)44/h9,11-12,14,17-18,25,27,29,42H,4-8,10,13,15-16,19-22H2,1-3H3,(H,37,41)/t25-,27+,29+,34+,35+/m0/s1. The Morgan fingerprint density at radius 3 is 2.65 bits per heavy atom. The number of amides is 2. The van der Waals surface area contributed by atoms with Crippen LogP contribution in [0.3, 0.4) is 0 Å². The van der Waals surface area contributed by atoms with E-state index in [4.69, 9.17) is 16.3 Å². The smallest absolute Gasteiger partial charge is 0.264 e. The van der Waals surface area contributed by atoms with Crippen molar-refractivity contribution in [2.24, 2.45) is 17.8 Å². The van der Waals surface area contributed by atoms with Gasteiger partial charge in [0, 0.05) is 37.8 Å². The molecule has 0 aromatic heterocycles. The van der Waals surface area contributed by atoms with Gasteiger partial charge in [-0.15, -0.1) is 0 Å². The summed E-state index contributed by atoms with van der Waals surface area (Å²) in [5, 5.41) is 12.9. The molecule has 5 atom stereocenters. The second kappa shape index (κ2) is 12.7. The summed E-state index contributed by atoms with van der Waals surface area (Å²) in [5.74, 6) is -0.196. The number of sulfonamides is 1. The minimum absolute atomic E-state index is 0.0438. The highest BCUT2D eigenvalue weighted by Crippen LogP contribution is 2.53. The highest BCUT2D eigenvalue weighted by Gasteiger charge is 2.60. The number of aryl methyl sites for hydroxylation is 1. The van der Waals surface area contributed by atoms with Crippen LogP contribution < -0.4 is 14.4 Å². The molecule has 0 unspecified atom stereocenters. The molecule has 250 valence electrons. The van der Waals surface area contributed by atoms with Gasteiger partial charge < -0.3 is 19.6 Å². The van der Waals surface area contributed by atoms with E-state index in [-0.39, 0.29) is 35.6 Å². The molecule has 2 amide bonds. The van der Waals surface area contributed by atoms with Gasteiger partial charge in [-0.2, -0.15) is 0 Å². The zero-order chi connectivity index (χ0) is 32.9. The van der Waals surface area contributed by atoms with Crippen LogP contribution >= 0.6 is 11.6 Å². The van der Waals surface area contributed by atoms with Crippen LogP contribution in [-0.4, -0.2) is 67.8 Å². The summed E-state index contributed by atoms with van der Waals surface area (Å²) in [5.41, 5.74) is 1.99. The van der Waals surface area contributed by atoms with Gasteiger partial charge in [-0.05, 0) is 118 Å². The zero-order valence-electron chi connectivity index (χ0n) is 27.1. The summed E-state index contributed by atoms with van der Waals surface area (Å²) in [4.78, 5) is 30.2. The number of anilines is 1. The van der Waals surface area contributed by atoms with Crippen LogP contribution in [0.15, 0.2) is 36.4 Å². The van der Waals surface area contributed by atoms with Crippen molar-refractivity contribution in [2.45, 2.75) is 88.1 Å². The van der Waals surface area contributed by atoms with Gasteiger partial charge in [0.2, 0.25) is 15.9 Å². The Morgan fingerprint density at radius 1 is 1.11 bits per heavy atom. The van der Waals surface area contributed by atoms with Crippen LogP contribution in [-0.2, 0) is 27.8 Å². The molecule has 2 saturated carbocycles. The molecular weight excluding hydrogens is 626 g/mol. The number of nitrogens with zero attached hydrogens (tertiary/aromatic N) is 2. The molecule has 2 heterocycles. The van der Waals surface area contributed by atoms with Gasteiger partial charge in [0.1, 0.15) is 12.4 Å². The summed E-state index contributed by atoms with van der Waals surface area (Å²) < 4.78 is 34.7. The quantitative estimate of drug-likeness (QED) is 0.444. The fourth-order valence-corrected chi connectivity index (χ4v) is 9.57. The van der Waals surface area contributed by atoms with Crippen molar-refractivity contribution < 1.29 is 27.9 Å². The molecule has 6 rings (SSSR count). The van der Waals surface area contributed by atoms with Crippen LogP contribution in [0.25, 0.3) is 0 Å². The topological polar surface area (TPSA) is 116 Å². The third-order valence-electron chi connectivity index (χ3n) is 11.1. The average molecular weight is 672 g/mol. The molecule has 9 nitrogen and oxygen atoms in total. The Hall–Kier alpha value is -2.82. The highest BCUT2D eigenvalue weighted by atomic mass is 35.5. The molecule has 0 saturated heterocycles. The number of aliphatic hydroxyl groups is 1. The fourth-order valence-electron chi connectivity index (χ4n) is 7.80. The third kappa shape index (κ3) is 6.49. The van der Waals surface area contributed by atoms with Crippen LogP contribution in [0, 0.1) is 17.8 Å². The molecule has 0 spiro atoms. The Labute approximate surface area is 277 Å². The van der Waals surface area contributed by atoms with Gasteiger partial charge >= 0.3 is 0 Å². The monoisotopic (exact) mass is 671 g/mol. The fraction of sp³-hybridized carbons (Fsp3) is 0.600. The largest absolute Gasteiger partial charge is 0.487 e. The molecule has 4 aliphatic rings. The first-order valence-electron chi connectivity index (χ1n) is 16.6. The maximum atomic E-state index is 13.5. The number of fused-ring (bicyclic) bond motifs is 4. The van der Waals surface area contributed by atoms with E-state index in [1.807, 2.05) is 18.2 Å². The van der Waals surface area contributed by atoms with Crippen molar-refractivity contribution in [3.8, 4) is 5.75 Å². The summed E-state index contributed by atoms with van der Waals surface area (Å²) in [6, 6.07) is 11.0. The molecule has 0 radical (unpaired) electrons. The van der Waals surface area contributed by atoms with E-state index in [1.54, 1.807) is 39.2 Å². The van der Waals surface area contributed by atoms with E-state index in [0.29, 0.717) is 56.2 Å². The molecular formula is C35H46ClN3O6S. The van der Waals surface area contributed by atoms with Crippen molar-refractivity contribution in [1.82, 2.24) is 9.62 Å². The summed E-state index contributed by atoms with van der Waals surface area (Å²) >= 11 is 6.34. The second-order valence-corrected chi connectivity index (χ2v) is 16.9. The second-order valence-electron chi connectivity index (χ2n) is 14.3. The van der Waals surface area contributed by atoms with E-state index in [9.17, 15) is 23.1 Å². The van der Waals surface area contributed by atoms with Crippen molar-refractivity contribution in [2.75, 3.05) is 32.1 Å². The first-order chi connectivity index (χ1) is 21.8. The number of benzene rings is 2. The van der Waals surface area contributed by atoms with Gasteiger partial charge in [0.15, 0.2) is 0 Å². The first kappa shape index (κ1) is 33.1. The van der Waals surface area contributed by atoms with E-state index >= 15 is 0 Å². The molecule has 2 bridgehead atoms. The number of hydrogen-bond donors (Lipinski definition) is 2. The number of carbonyl (C=O) groups is 2. The van der Waals surface area contributed by atoms with E-state index in [2.05, 4.69) is 9.62 Å². The average Bonchev–Trinajstić information content (AvgIpc) is 3.66. The molecule has 2 N–H and O–H groups in total. The van der Waals surface area contributed by atoms with Crippen LogP contribution in [0.2, 0.25) is 5.02 Å². The van der Waals surface area contributed by atoms with E-state index in [0.717, 1.165) is 48.9 Å². The van der Waals surface area contributed by atoms with E-state index in [1.165, 1.54) is 4.90 Å². The van der Waals surface area contributed by atoms with Crippen LogP contribution in [0.1, 0.15) is 86.2 Å². The Kier molecular flexibility index (Phi) is 9.10. The summed E-state index contributed by atoms with van der Waals surface area (Å²) in [7, 11) is -0.535. The number of nitrogens with one attached hydrogen (secondary N) is 1. The lowest BCUT2D eigenvalue weighted by Gasteiger charge is -2.49. The number of carbonyl (C=O) groups excluding carboxylic acids is 2. The van der Waals surface area contributed by atoms with Crippen molar-refractivity contribution >= 4 is 39.1 Å². The normalized spacial score (nSPS) is 30.9. The SMILES string of the molecule is CN(C)C(=O)C[C@]1(O)CCC[C@@H]2C[C@@]2(C)S(=O)(=O)NC(=O)c2ccc3c(c2)N(CCCCc2cc(Cl)ccc2CO3)C[C@@H]2CC[C@H]21. The molecule has 2 aromatic carbocycles. The molecule has 2 fully saturated rings. The Balaban J connectivity index is 1.39. The Morgan fingerprint density at radius 2 is 1.91 bits per heavy atom. The molecule has 2 aromatic rings. The van der Waals surface area contributed by atoms with Gasteiger partial charge in [-0.1, -0.05) is 24.1 Å².